The van der Waals surface area contributed by atoms with Gasteiger partial charge < -0.3 is 5.11 Å². The van der Waals surface area contributed by atoms with Crippen molar-refractivity contribution in [2.75, 3.05) is 6.54 Å². The lowest BCUT2D eigenvalue weighted by molar-refractivity contribution is 0.0905. The Balaban J connectivity index is 1.62. The minimum Gasteiger partial charge on any atom is -0.388 e. The van der Waals surface area contributed by atoms with Crippen LogP contribution >= 0.6 is 11.6 Å². The van der Waals surface area contributed by atoms with Crippen LogP contribution in [0.5, 0.6) is 0 Å². The van der Waals surface area contributed by atoms with Gasteiger partial charge in [0.25, 0.3) is 0 Å². The zero-order valence-corrected chi connectivity index (χ0v) is 16.0. The number of halogens is 1. The largest absolute Gasteiger partial charge is 0.388 e. The summed E-state index contributed by atoms with van der Waals surface area (Å²) in [4.78, 5) is 2.47. The summed E-state index contributed by atoms with van der Waals surface area (Å²) in [5.74, 6) is 0. The Labute approximate surface area is 166 Å². The maximum atomic E-state index is 10.9. The van der Waals surface area contributed by atoms with Crippen molar-refractivity contribution in [1.29, 1.82) is 0 Å². The van der Waals surface area contributed by atoms with Crippen molar-refractivity contribution < 1.29 is 5.11 Å². The SMILES string of the molecule is O[C@@H](C[C@@H]1c2ccccc2CCN1Cc1cccc(Cl)c1)c1ccccc1. The number of rotatable bonds is 5. The Morgan fingerprint density at radius 1 is 0.963 bits per heavy atom. The molecule has 0 radical (unpaired) electrons. The lowest BCUT2D eigenvalue weighted by Gasteiger charge is -2.38. The van der Waals surface area contributed by atoms with E-state index in [4.69, 9.17) is 11.6 Å². The molecule has 27 heavy (non-hydrogen) atoms. The third-order valence-electron chi connectivity index (χ3n) is 5.43. The fraction of sp³-hybridized carbons (Fsp3) is 0.250. The second kappa shape index (κ2) is 8.26. The minimum atomic E-state index is -0.482. The number of aliphatic hydroxyl groups excluding tert-OH is 1. The van der Waals surface area contributed by atoms with Gasteiger partial charge in [-0.1, -0.05) is 78.3 Å². The second-order valence-corrected chi connectivity index (χ2v) is 7.66. The van der Waals surface area contributed by atoms with E-state index in [0.717, 1.165) is 30.1 Å². The van der Waals surface area contributed by atoms with Gasteiger partial charge in [-0.05, 0) is 47.2 Å². The fourth-order valence-corrected chi connectivity index (χ4v) is 4.27. The molecule has 0 fully saturated rings. The lowest BCUT2D eigenvalue weighted by Crippen LogP contribution is -2.36. The second-order valence-electron chi connectivity index (χ2n) is 7.23. The van der Waals surface area contributed by atoms with Crippen LogP contribution in [0.1, 0.15) is 40.8 Å². The molecule has 1 heterocycles. The standard InChI is InChI=1S/C24H24ClNO/c25-21-11-6-7-18(15-21)17-26-14-13-19-8-4-5-12-22(19)23(26)16-24(27)20-9-2-1-3-10-20/h1-12,15,23-24,27H,13-14,16-17H2/t23-,24+/m1/s1. The smallest absolute Gasteiger partial charge is 0.0808 e. The van der Waals surface area contributed by atoms with Crippen molar-refractivity contribution in [3.8, 4) is 0 Å². The van der Waals surface area contributed by atoms with Crippen LogP contribution in [0.25, 0.3) is 0 Å². The molecule has 4 rings (SSSR count). The van der Waals surface area contributed by atoms with Crippen LogP contribution in [0.15, 0.2) is 78.9 Å². The highest BCUT2D eigenvalue weighted by Crippen LogP contribution is 2.37. The summed E-state index contributed by atoms with van der Waals surface area (Å²) in [6.07, 6.45) is 1.24. The lowest BCUT2D eigenvalue weighted by atomic mass is 9.87. The van der Waals surface area contributed by atoms with Crippen molar-refractivity contribution >= 4 is 11.6 Å². The molecule has 138 valence electrons. The first kappa shape index (κ1) is 18.2. The zero-order chi connectivity index (χ0) is 18.6. The molecule has 1 aliphatic rings. The number of aliphatic hydroxyl groups is 1. The maximum absolute atomic E-state index is 10.9. The van der Waals surface area contributed by atoms with E-state index >= 15 is 0 Å². The summed E-state index contributed by atoms with van der Waals surface area (Å²) in [5, 5.41) is 11.6. The summed E-state index contributed by atoms with van der Waals surface area (Å²) >= 11 is 6.19. The van der Waals surface area contributed by atoms with Gasteiger partial charge in [0.1, 0.15) is 0 Å². The summed E-state index contributed by atoms with van der Waals surface area (Å²) in [6, 6.07) is 26.8. The van der Waals surface area contributed by atoms with E-state index in [1.165, 1.54) is 16.7 Å². The molecule has 2 atom stereocenters. The van der Waals surface area contributed by atoms with Gasteiger partial charge in [-0.15, -0.1) is 0 Å². The minimum absolute atomic E-state index is 0.184. The van der Waals surface area contributed by atoms with Crippen LogP contribution in [-0.2, 0) is 13.0 Å². The van der Waals surface area contributed by atoms with Crippen LogP contribution in [-0.4, -0.2) is 16.6 Å². The Hall–Kier alpha value is -2.13. The van der Waals surface area contributed by atoms with Crippen LogP contribution < -0.4 is 0 Å². The van der Waals surface area contributed by atoms with Crippen molar-refractivity contribution in [2.45, 2.75) is 31.5 Å². The highest BCUT2D eigenvalue weighted by molar-refractivity contribution is 6.30. The molecule has 0 amide bonds. The summed E-state index contributed by atoms with van der Waals surface area (Å²) in [7, 11) is 0. The molecule has 0 aromatic heterocycles. The van der Waals surface area contributed by atoms with E-state index in [1.54, 1.807) is 0 Å². The van der Waals surface area contributed by atoms with Gasteiger partial charge in [-0.2, -0.15) is 0 Å². The molecule has 3 aromatic rings. The van der Waals surface area contributed by atoms with Gasteiger partial charge in [0.05, 0.1) is 6.10 Å². The molecule has 2 nitrogen and oxygen atoms in total. The van der Waals surface area contributed by atoms with Crippen molar-refractivity contribution in [1.82, 2.24) is 4.90 Å². The third kappa shape index (κ3) is 4.24. The van der Waals surface area contributed by atoms with E-state index in [1.807, 2.05) is 48.5 Å². The summed E-state index contributed by atoms with van der Waals surface area (Å²) in [5.41, 5.74) is 4.91. The fourth-order valence-electron chi connectivity index (χ4n) is 4.06. The number of hydrogen-bond donors (Lipinski definition) is 1. The number of benzene rings is 3. The Morgan fingerprint density at radius 3 is 2.56 bits per heavy atom. The quantitative estimate of drug-likeness (QED) is 0.628. The first-order chi connectivity index (χ1) is 13.2. The molecule has 0 saturated heterocycles. The number of hydrogen-bond acceptors (Lipinski definition) is 2. The first-order valence-corrected chi connectivity index (χ1v) is 9.88. The molecule has 0 unspecified atom stereocenters. The van der Waals surface area contributed by atoms with Gasteiger partial charge >= 0.3 is 0 Å². The predicted octanol–water partition coefficient (Wildman–Crippen LogP) is 5.56. The molecule has 1 aliphatic heterocycles. The topological polar surface area (TPSA) is 23.5 Å². The molecular weight excluding hydrogens is 354 g/mol. The molecule has 1 N–H and O–H groups in total. The highest BCUT2D eigenvalue weighted by Gasteiger charge is 2.29. The average molecular weight is 378 g/mol. The van der Waals surface area contributed by atoms with Crippen LogP contribution in [0.4, 0.5) is 0 Å². The molecule has 0 aliphatic carbocycles. The maximum Gasteiger partial charge on any atom is 0.0808 e. The normalized spacial score (nSPS) is 18.1. The van der Waals surface area contributed by atoms with Crippen molar-refractivity contribution in [2.24, 2.45) is 0 Å². The van der Waals surface area contributed by atoms with E-state index in [9.17, 15) is 5.11 Å². The predicted molar refractivity (Wildman–Crippen MR) is 111 cm³/mol. The van der Waals surface area contributed by atoms with E-state index < -0.39 is 6.10 Å². The zero-order valence-electron chi connectivity index (χ0n) is 15.3. The average Bonchev–Trinajstić information content (AvgIpc) is 2.70. The van der Waals surface area contributed by atoms with Gasteiger partial charge in [0.2, 0.25) is 0 Å². The highest BCUT2D eigenvalue weighted by atomic mass is 35.5. The number of nitrogens with zero attached hydrogens (tertiary/aromatic N) is 1. The van der Waals surface area contributed by atoms with E-state index in [-0.39, 0.29) is 6.04 Å². The molecule has 0 saturated carbocycles. The monoisotopic (exact) mass is 377 g/mol. The Bertz CT molecular complexity index is 896. The molecule has 0 spiro atoms. The molecular formula is C24H24ClNO. The molecule has 3 aromatic carbocycles. The van der Waals surface area contributed by atoms with Crippen LogP contribution in [0, 0.1) is 0 Å². The van der Waals surface area contributed by atoms with Gasteiger partial charge in [0.15, 0.2) is 0 Å². The first-order valence-electron chi connectivity index (χ1n) is 9.50. The van der Waals surface area contributed by atoms with E-state index in [2.05, 4.69) is 35.2 Å². The van der Waals surface area contributed by atoms with Gasteiger partial charge in [-0.3, -0.25) is 4.90 Å². The van der Waals surface area contributed by atoms with Crippen molar-refractivity contribution in [3.63, 3.8) is 0 Å². The van der Waals surface area contributed by atoms with Crippen molar-refractivity contribution in [3.05, 3.63) is 106 Å². The molecule has 0 bridgehead atoms. The summed E-state index contributed by atoms with van der Waals surface area (Å²) in [6.45, 7) is 1.82. The summed E-state index contributed by atoms with van der Waals surface area (Å²) < 4.78 is 0. The third-order valence-corrected chi connectivity index (χ3v) is 5.66. The van der Waals surface area contributed by atoms with Crippen LogP contribution in [0.3, 0.4) is 0 Å². The van der Waals surface area contributed by atoms with Gasteiger partial charge in [0, 0.05) is 24.2 Å². The Morgan fingerprint density at radius 2 is 1.74 bits per heavy atom. The van der Waals surface area contributed by atoms with E-state index in [0.29, 0.717) is 6.42 Å². The van der Waals surface area contributed by atoms with Crippen LogP contribution in [0.2, 0.25) is 5.02 Å². The van der Waals surface area contributed by atoms with Gasteiger partial charge in [-0.25, -0.2) is 0 Å². The Kier molecular flexibility index (Phi) is 5.58. The number of fused-ring (bicyclic) bond motifs is 1. The molecule has 3 heteroatoms.